The third-order valence-corrected chi connectivity index (χ3v) is 7.01. The van der Waals surface area contributed by atoms with Gasteiger partial charge < -0.3 is 10.1 Å². The van der Waals surface area contributed by atoms with E-state index < -0.39 is 11.0 Å². The molecule has 2 aromatic rings. The summed E-state index contributed by atoms with van der Waals surface area (Å²) >= 11 is 0. The number of aryl methyl sites for hydroxylation is 1. The minimum Gasteiger partial charge on any atom is -0.466 e. The number of carbonyl (C=O) groups is 1. The van der Waals surface area contributed by atoms with Crippen LogP contribution in [0, 0.1) is 12.7 Å². The molecule has 7 heteroatoms. The zero-order valence-corrected chi connectivity index (χ0v) is 21.3. The number of benzene rings is 2. The van der Waals surface area contributed by atoms with Crippen molar-refractivity contribution in [1.29, 1.82) is 0 Å². The molecule has 3 rings (SSSR count). The second kappa shape index (κ2) is 13.5. The standard InChI is InChI=1S/C24H31FN2O3S.C2H6/c1-4-30-23(28)13-7-5-6-10-14-26-24-18-11-8-9-12-21(18)27(3)31(29)22-15-17(2)20(25)16-19(22)24;1-2/h8-9,11-12,15-16,24,26H,4-7,10,13-14H2,1-3H3;1-2H3. The van der Waals surface area contributed by atoms with Crippen LogP contribution < -0.4 is 9.62 Å². The van der Waals surface area contributed by atoms with Crippen LogP contribution >= 0.6 is 0 Å². The van der Waals surface area contributed by atoms with Crippen molar-refractivity contribution in [3.63, 3.8) is 0 Å². The van der Waals surface area contributed by atoms with Crippen LogP contribution in [-0.4, -0.2) is 30.4 Å². The lowest BCUT2D eigenvalue weighted by atomic mass is 9.95. The third kappa shape index (κ3) is 6.87. The molecule has 1 aliphatic heterocycles. The van der Waals surface area contributed by atoms with Crippen LogP contribution in [-0.2, 0) is 20.5 Å². The van der Waals surface area contributed by atoms with Gasteiger partial charge >= 0.3 is 5.97 Å². The molecule has 2 atom stereocenters. The molecule has 2 aromatic carbocycles. The first kappa shape index (κ1) is 27.0. The van der Waals surface area contributed by atoms with Gasteiger partial charge in [0.1, 0.15) is 5.82 Å². The number of nitrogens with zero attached hydrogens (tertiary/aromatic N) is 1. The van der Waals surface area contributed by atoms with Crippen molar-refractivity contribution in [2.75, 3.05) is 24.5 Å². The van der Waals surface area contributed by atoms with Crippen LogP contribution in [0.15, 0.2) is 41.3 Å². The van der Waals surface area contributed by atoms with Crippen molar-refractivity contribution in [1.82, 2.24) is 5.32 Å². The molecule has 0 saturated carbocycles. The largest absolute Gasteiger partial charge is 0.466 e. The molecule has 33 heavy (non-hydrogen) atoms. The summed E-state index contributed by atoms with van der Waals surface area (Å²) in [6.07, 6.45) is 4.16. The Bertz CT molecular complexity index is 951. The van der Waals surface area contributed by atoms with E-state index in [0.29, 0.717) is 23.5 Å². The summed E-state index contributed by atoms with van der Waals surface area (Å²) < 4.78 is 34.4. The fourth-order valence-electron chi connectivity index (χ4n) is 3.92. The number of unbranched alkanes of at least 4 members (excludes halogenated alkanes) is 3. The average molecular weight is 477 g/mol. The molecule has 1 N–H and O–H groups in total. The van der Waals surface area contributed by atoms with Gasteiger partial charge in [0.2, 0.25) is 0 Å². The van der Waals surface area contributed by atoms with E-state index in [1.54, 1.807) is 17.3 Å². The van der Waals surface area contributed by atoms with Gasteiger partial charge in [-0.25, -0.2) is 8.60 Å². The predicted octanol–water partition coefficient (Wildman–Crippen LogP) is 5.83. The molecular weight excluding hydrogens is 439 g/mol. The molecule has 2 unspecified atom stereocenters. The topological polar surface area (TPSA) is 58.6 Å². The third-order valence-electron chi connectivity index (χ3n) is 5.59. The van der Waals surface area contributed by atoms with Gasteiger partial charge in [-0.3, -0.25) is 9.10 Å². The van der Waals surface area contributed by atoms with Crippen LogP contribution in [0.25, 0.3) is 0 Å². The van der Waals surface area contributed by atoms with Gasteiger partial charge in [-0.1, -0.05) is 44.9 Å². The van der Waals surface area contributed by atoms with Crippen LogP contribution in [0.3, 0.4) is 0 Å². The molecule has 0 aromatic heterocycles. The number of rotatable bonds is 9. The highest BCUT2D eigenvalue weighted by molar-refractivity contribution is 7.86. The lowest BCUT2D eigenvalue weighted by Crippen LogP contribution is -2.24. The molecule has 0 radical (unpaired) electrons. The Balaban J connectivity index is 0.00000187. The van der Waals surface area contributed by atoms with Crippen molar-refractivity contribution < 1.29 is 18.1 Å². The quantitative estimate of drug-likeness (QED) is 0.366. The SMILES string of the molecule is CC.CCOC(=O)CCCCCCNC1c2ccccc2N(C)S(=O)c2cc(C)c(F)cc21. The van der Waals surface area contributed by atoms with Gasteiger partial charge in [-0.15, -0.1) is 0 Å². The zero-order valence-electron chi connectivity index (χ0n) is 20.4. The summed E-state index contributed by atoms with van der Waals surface area (Å²) in [6.45, 7) is 8.67. The molecule has 0 bridgehead atoms. The Labute approximate surface area is 200 Å². The maximum Gasteiger partial charge on any atom is 0.305 e. The van der Waals surface area contributed by atoms with Gasteiger partial charge in [-0.05, 0) is 68.1 Å². The van der Waals surface area contributed by atoms with Gasteiger partial charge in [-0.2, -0.15) is 0 Å². The van der Waals surface area contributed by atoms with E-state index in [-0.39, 0.29) is 17.8 Å². The molecular formula is C26H37FN2O3S. The Morgan fingerprint density at radius 2 is 1.82 bits per heavy atom. The van der Waals surface area contributed by atoms with Crippen LogP contribution in [0.5, 0.6) is 0 Å². The summed E-state index contributed by atoms with van der Waals surface area (Å²) in [4.78, 5) is 12.1. The minimum absolute atomic E-state index is 0.137. The average Bonchev–Trinajstić information content (AvgIpc) is 2.90. The van der Waals surface area contributed by atoms with Gasteiger partial charge in [0.25, 0.3) is 0 Å². The maximum atomic E-state index is 14.5. The number of nitrogens with one attached hydrogen (secondary N) is 1. The van der Waals surface area contributed by atoms with Gasteiger partial charge in [0.15, 0.2) is 11.0 Å². The smallest absolute Gasteiger partial charge is 0.305 e. The van der Waals surface area contributed by atoms with E-state index in [4.69, 9.17) is 4.74 Å². The molecule has 0 spiro atoms. The number of halogens is 1. The molecule has 182 valence electrons. The van der Waals surface area contributed by atoms with Crippen LogP contribution in [0.2, 0.25) is 0 Å². The van der Waals surface area contributed by atoms with E-state index in [9.17, 15) is 13.4 Å². The van der Waals surface area contributed by atoms with E-state index >= 15 is 0 Å². The Hall–Kier alpha value is -2.25. The highest BCUT2D eigenvalue weighted by atomic mass is 32.2. The lowest BCUT2D eigenvalue weighted by molar-refractivity contribution is -0.143. The Morgan fingerprint density at radius 1 is 1.12 bits per heavy atom. The molecule has 0 aliphatic carbocycles. The second-order valence-electron chi connectivity index (χ2n) is 7.80. The van der Waals surface area contributed by atoms with E-state index in [2.05, 4.69) is 5.32 Å². The normalized spacial score (nSPS) is 16.7. The summed E-state index contributed by atoms with van der Waals surface area (Å²) in [5.41, 5.74) is 3.08. The number of para-hydroxylation sites is 1. The number of anilines is 1. The molecule has 0 saturated heterocycles. The van der Waals surface area contributed by atoms with E-state index in [1.807, 2.05) is 52.1 Å². The summed E-state index contributed by atoms with van der Waals surface area (Å²) in [5, 5.41) is 3.56. The van der Waals surface area contributed by atoms with Crippen LogP contribution in [0.4, 0.5) is 10.1 Å². The number of hydrogen-bond acceptors (Lipinski definition) is 4. The maximum absolute atomic E-state index is 14.5. The van der Waals surface area contributed by atoms with E-state index in [1.165, 1.54) is 6.07 Å². The number of ether oxygens (including phenoxy) is 1. The Kier molecular flexibility index (Phi) is 11.0. The molecule has 0 fully saturated rings. The fraction of sp³-hybridized carbons (Fsp3) is 0.500. The number of hydrogen-bond donors (Lipinski definition) is 1. The molecule has 5 nitrogen and oxygen atoms in total. The first-order chi connectivity index (χ1) is 15.9. The van der Waals surface area contributed by atoms with Gasteiger partial charge in [0.05, 0.1) is 23.2 Å². The summed E-state index contributed by atoms with van der Waals surface area (Å²) in [6, 6.07) is 10.8. The van der Waals surface area contributed by atoms with E-state index in [0.717, 1.165) is 49.0 Å². The predicted molar refractivity (Wildman–Crippen MR) is 133 cm³/mol. The van der Waals surface area contributed by atoms with Crippen molar-refractivity contribution in [2.45, 2.75) is 70.7 Å². The molecule has 0 amide bonds. The monoisotopic (exact) mass is 476 g/mol. The first-order valence-corrected chi connectivity index (χ1v) is 13.0. The van der Waals surface area contributed by atoms with Crippen molar-refractivity contribution in [2.24, 2.45) is 0 Å². The second-order valence-corrected chi connectivity index (χ2v) is 9.29. The molecule has 1 aliphatic rings. The number of esters is 1. The lowest BCUT2D eigenvalue weighted by Gasteiger charge is -2.22. The first-order valence-electron chi connectivity index (χ1n) is 11.9. The summed E-state index contributed by atoms with van der Waals surface area (Å²) in [7, 11) is 0.396. The fourth-order valence-corrected chi connectivity index (χ4v) is 5.21. The van der Waals surface area contributed by atoms with Crippen molar-refractivity contribution in [3.8, 4) is 0 Å². The Morgan fingerprint density at radius 3 is 2.55 bits per heavy atom. The summed E-state index contributed by atoms with van der Waals surface area (Å²) in [5.74, 6) is -0.426. The van der Waals surface area contributed by atoms with Crippen LogP contribution in [0.1, 0.15) is 75.6 Å². The minimum atomic E-state index is -1.41. The number of carbonyl (C=O) groups excluding carboxylic acids is 1. The number of fused-ring (bicyclic) bond motifs is 2. The highest BCUT2D eigenvalue weighted by Gasteiger charge is 2.30. The van der Waals surface area contributed by atoms with Gasteiger partial charge in [0, 0.05) is 13.5 Å². The highest BCUT2D eigenvalue weighted by Crippen LogP contribution is 2.39. The molecule has 1 heterocycles. The zero-order chi connectivity index (χ0) is 24.4. The van der Waals surface area contributed by atoms with Crippen molar-refractivity contribution >= 4 is 22.6 Å². The van der Waals surface area contributed by atoms with Crippen molar-refractivity contribution in [3.05, 3.63) is 58.9 Å².